The fourth-order valence-corrected chi connectivity index (χ4v) is 4.19. The van der Waals surface area contributed by atoms with Crippen LogP contribution in [0.5, 0.6) is 0 Å². The highest BCUT2D eigenvalue weighted by molar-refractivity contribution is 9.11. The lowest BCUT2D eigenvalue weighted by Gasteiger charge is -2.02. The van der Waals surface area contributed by atoms with Crippen LogP contribution in [0.25, 0.3) is 0 Å². The van der Waals surface area contributed by atoms with Crippen LogP contribution in [0.2, 0.25) is 0 Å². The fraction of sp³-hybridized carbons (Fsp3) is 0.231. The summed E-state index contributed by atoms with van der Waals surface area (Å²) in [6.45, 7) is 5.49. The summed E-state index contributed by atoms with van der Waals surface area (Å²) in [5.41, 5.74) is 1.85. The number of aromatic carboxylic acids is 1. The number of aryl methyl sites for hydroxylation is 2. The van der Waals surface area contributed by atoms with Crippen LogP contribution in [0.15, 0.2) is 9.85 Å². The van der Waals surface area contributed by atoms with Gasteiger partial charge in [-0.25, -0.2) is 4.79 Å². The predicted molar refractivity (Wildman–Crippen MR) is 85.5 cm³/mol. The van der Waals surface area contributed by atoms with Crippen LogP contribution < -0.4 is 5.32 Å². The zero-order valence-electron chi connectivity index (χ0n) is 11.0. The van der Waals surface area contributed by atoms with Crippen molar-refractivity contribution in [3.8, 4) is 0 Å². The van der Waals surface area contributed by atoms with E-state index in [1.165, 1.54) is 22.7 Å². The van der Waals surface area contributed by atoms with E-state index >= 15 is 0 Å². The molecule has 0 fully saturated rings. The third-order valence-corrected chi connectivity index (χ3v) is 6.17. The Kier molecular flexibility index (Phi) is 4.31. The largest absolute Gasteiger partial charge is 0.478 e. The van der Waals surface area contributed by atoms with Crippen molar-refractivity contribution in [2.45, 2.75) is 20.8 Å². The molecule has 0 aliphatic carbocycles. The van der Waals surface area contributed by atoms with Crippen molar-refractivity contribution in [3.05, 3.63) is 36.3 Å². The Morgan fingerprint density at radius 2 is 1.90 bits per heavy atom. The standard InChI is InChI=1S/C13H12BrNO3S2/c1-5-4-8(20-10(5)14)11(16)15-12-9(13(17)18)6(2)7(3)19-12/h4H,1-3H3,(H,15,16)(H,17,18). The summed E-state index contributed by atoms with van der Waals surface area (Å²) in [6, 6.07) is 1.78. The van der Waals surface area contributed by atoms with Crippen LogP contribution >= 0.6 is 38.6 Å². The number of rotatable bonds is 3. The number of hydrogen-bond acceptors (Lipinski definition) is 4. The minimum absolute atomic E-state index is 0.174. The van der Waals surface area contributed by atoms with Crippen LogP contribution in [-0.2, 0) is 0 Å². The normalized spacial score (nSPS) is 10.6. The lowest BCUT2D eigenvalue weighted by Crippen LogP contribution is -2.12. The Balaban J connectivity index is 2.33. The van der Waals surface area contributed by atoms with Crippen molar-refractivity contribution in [3.63, 3.8) is 0 Å². The summed E-state index contributed by atoms with van der Waals surface area (Å²) in [7, 11) is 0. The number of anilines is 1. The van der Waals surface area contributed by atoms with Gasteiger partial charge in [0.25, 0.3) is 5.91 Å². The molecule has 20 heavy (non-hydrogen) atoms. The molecule has 0 unspecified atom stereocenters. The first-order chi connectivity index (χ1) is 9.31. The number of carboxylic acids is 1. The van der Waals surface area contributed by atoms with Gasteiger partial charge in [0.15, 0.2) is 0 Å². The van der Waals surface area contributed by atoms with E-state index in [1.54, 1.807) is 13.0 Å². The molecule has 2 aromatic heterocycles. The van der Waals surface area contributed by atoms with E-state index in [0.717, 1.165) is 14.2 Å². The second-order valence-corrected chi connectivity index (χ2v) is 7.91. The zero-order chi connectivity index (χ0) is 15.0. The van der Waals surface area contributed by atoms with Gasteiger partial charge in [-0.3, -0.25) is 4.79 Å². The average Bonchev–Trinajstić information content (AvgIpc) is 2.81. The Labute approximate surface area is 132 Å². The molecule has 7 heteroatoms. The van der Waals surface area contributed by atoms with Crippen molar-refractivity contribution < 1.29 is 14.7 Å². The topological polar surface area (TPSA) is 66.4 Å². The highest BCUT2D eigenvalue weighted by Gasteiger charge is 2.21. The summed E-state index contributed by atoms with van der Waals surface area (Å²) in [5, 5.41) is 12.3. The van der Waals surface area contributed by atoms with Crippen molar-refractivity contribution in [2.75, 3.05) is 5.32 Å². The predicted octanol–water partition coefficient (Wildman–Crippen LogP) is 4.45. The Morgan fingerprint density at radius 3 is 2.40 bits per heavy atom. The quantitative estimate of drug-likeness (QED) is 0.834. The minimum atomic E-state index is -1.02. The number of hydrogen-bond donors (Lipinski definition) is 2. The number of carbonyl (C=O) groups excluding carboxylic acids is 1. The monoisotopic (exact) mass is 373 g/mol. The maximum atomic E-state index is 12.2. The first-order valence-corrected chi connectivity index (χ1v) is 8.14. The molecule has 0 atom stereocenters. The second kappa shape index (κ2) is 5.67. The Hall–Kier alpha value is -1.18. The van der Waals surface area contributed by atoms with Gasteiger partial charge in [0.2, 0.25) is 0 Å². The maximum absolute atomic E-state index is 12.2. The van der Waals surface area contributed by atoms with Crippen molar-refractivity contribution >= 4 is 55.5 Å². The van der Waals surface area contributed by atoms with Crippen LogP contribution in [0.4, 0.5) is 5.00 Å². The number of thiophene rings is 2. The van der Waals surface area contributed by atoms with Gasteiger partial charge >= 0.3 is 5.97 Å². The molecule has 2 heterocycles. The molecule has 0 aromatic carbocycles. The van der Waals surface area contributed by atoms with Gasteiger partial charge < -0.3 is 10.4 Å². The van der Waals surface area contributed by atoms with Crippen molar-refractivity contribution in [1.29, 1.82) is 0 Å². The lowest BCUT2D eigenvalue weighted by molar-refractivity contribution is 0.0697. The fourth-order valence-electron chi connectivity index (χ4n) is 1.71. The number of halogens is 1. The zero-order valence-corrected chi connectivity index (χ0v) is 14.3. The van der Waals surface area contributed by atoms with Gasteiger partial charge in [0, 0.05) is 4.88 Å². The van der Waals surface area contributed by atoms with Crippen LogP contribution in [-0.4, -0.2) is 17.0 Å². The van der Waals surface area contributed by atoms with Gasteiger partial charge in [-0.05, 0) is 53.9 Å². The van der Waals surface area contributed by atoms with Gasteiger partial charge in [0.1, 0.15) is 5.00 Å². The first kappa shape index (κ1) is 15.2. The Morgan fingerprint density at radius 1 is 1.25 bits per heavy atom. The van der Waals surface area contributed by atoms with E-state index in [9.17, 15) is 14.7 Å². The highest BCUT2D eigenvalue weighted by atomic mass is 79.9. The van der Waals surface area contributed by atoms with E-state index in [0.29, 0.717) is 15.4 Å². The molecule has 106 valence electrons. The Bertz CT molecular complexity index is 683. The molecule has 1 amide bonds. The molecule has 0 radical (unpaired) electrons. The lowest BCUT2D eigenvalue weighted by atomic mass is 10.1. The molecular weight excluding hydrogens is 362 g/mol. The van der Waals surface area contributed by atoms with E-state index in [2.05, 4.69) is 21.2 Å². The molecule has 0 aliphatic heterocycles. The number of carboxylic acid groups (broad SMARTS) is 1. The molecule has 0 aliphatic rings. The summed E-state index contributed by atoms with van der Waals surface area (Å²) in [4.78, 5) is 24.9. The van der Waals surface area contributed by atoms with Crippen LogP contribution in [0.3, 0.4) is 0 Å². The molecule has 0 saturated carbocycles. The number of carbonyl (C=O) groups is 2. The summed E-state index contributed by atoms with van der Waals surface area (Å²) < 4.78 is 0.902. The molecular formula is C13H12BrNO3S2. The number of amides is 1. The highest BCUT2D eigenvalue weighted by Crippen LogP contribution is 2.34. The average molecular weight is 374 g/mol. The van der Waals surface area contributed by atoms with Gasteiger partial charge in [-0.2, -0.15) is 0 Å². The van der Waals surface area contributed by atoms with E-state index < -0.39 is 5.97 Å². The summed E-state index contributed by atoms with van der Waals surface area (Å²) in [6.07, 6.45) is 0. The summed E-state index contributed by atoms with van der Waals surface area (Å²) in [5.74, 6) is -1.31. The van der Waals surface area contributed by atoms with Gasteiger partial charge in [-0.15, -0.1) is 22.7 Å². The molecule has 4 nitrogen and oxygen atoms in total. The molecule has 2 rings (SSSR count). The molecule has 2 N–H and O–H groups in total. The van der Waals surface area contributed by atoms with E-state index in [1.807, 2.05) is 13.8 Å². The van der Waals surface area contributed by atoms with E-state index in [-0.39, 0.29) is 11.5 Å². The smallest absolute Gasteiger partial charge is 0.338 e. The first-order valence-electron chi connectivity index (χ1n) is 5.71. The molecule has 2 aromatic rings. The van der Waals surface area contributed by atoms with Gasteiger partial charge in [0.05, 0.1) is 14.2 Å². The van der Waals surface area contributed by atoms with Crippen molar-refractivity contribution in [1.82, 2.24) is 0 Å². The van der Waals surface area contributed by atoms with E-state index in [4.69, 9.17) is 0 Å². The molecule has 0 spiro atoms. The SMILES string of the molecule is Cc1cc(C(=O)Nc2sc(C)c(C)c2C(=O)O)sc1Br. The third kappa shape index (κ3) is 2.79. The van der Waals surface area contributed by atoms with Crippen LogP contribution in [0.1, 0.15) is 36.0 Å². The van der Waals surface area contributed by atoms with Crippen molar-refractivity contribution in [2.24, 2.45) is 0 Å². The third-order valence-electron chi connectivity index (χ3n) is 2.91. The number of nitrogens with one attached hydrogen (secondary N) is 1. The molecule has 0 bridgehead atoms. The minimum Gasteiger partial charge on any atom is -0.478 e. The second-order valence-electron chi connectivity index (χ2n) is 4.31. The molecule has 0 saturated heterocycles. The maximum Gasteiger partial charge on any atom is 0.338 e. The summed E-state index contributed by atoms with van der Waals surface area (Å²) >= 11 is 5.98. The van der Waals surface area contributed by atoms with Gasteiger partial charge in [-0.1, -0.05) is 0 Å². The van der Waals surface area contributed by atoms with Crippen LogP contribution in [0, 0.1) is 20.8 Å².